The van der Waals surface area contributed by atoms with E-state index in [0.29, 0.717) is 19.6 Å². The Bertz CT molecular complexity index is 1290. The third-order valence-corrected chi connectivity index (χ3v) is 6.05. The lowest BCUT2D eigenvalue weighted by Crippen LogP contribution is -2.16. The first-order valence-electron chi connectivity index (χ1n) is 10.6. The summed E-state index contributed by atoms with van der Waals surface area (Å²) in [6.07, 6.45) is 9.73. The quantitative estimate of drug-likeness (QED) is 0.521. The summed E-state index contributed by atoms with van der Waals surface area (Å²) in [7, 11) is 0. The van der Waals surface area contributed by atoms with Crippen molar-refractivity contribution in [3.63, 3.8) is 0 Å². The Labute approximate surface area is 179 Å². The van der Waals surface area contributed by atoms with Gasteiger partial charge in [-0.1, -0.05) is 24.3 Å². The summed E-state index contributed by atoms with van der Waals surface area (Å²) in [5.41, 5.74) is 8.93. The van der Waals surface area contributed by atoms with Crippen LogP contribution in [0.1, 0.15) is 23.2 Å². The molecule has 1 aliphatic heterocycles. The van der Waals surface area contributed by atoms with E-state index in [1.54, 1.807) is 0 Å². The molecule has 31 heavy (non-hydrogen) atoms. The smallest absolute Gasteiger partial charge is 0.160 e. The van der Waals surface area contributed by atoms with Crippen molar-refractivity contribution in [2.24, 2.45) is 0 Å². The minimum absolute atomic E-state index is 0.183. The predicted octanol–water partition coefficient (Wildman–Crippen LogP) is 3.79. The number of hydrogen-bond donors (Lipinski definition) is 2. The van der Waals surface area contributed by atoms with Gasteiger partial charge in [0.1, 0.15) is 0 Å². The molecule has 0 radical (unpaired) electrons. The Balaban J connectivity index is 1.37. The molecule has 0 saturated carbocycles. The number of nitrogens with zero attached hydrogens (tertiary/aromatic N) is 4. The first-order valence-corrected chi connectivity index (χ1v) is 10.6. The molecule has 4 heterocycles. The standard InChI is InChI=1S/C24H23N5O2/c30-9-5-16-1-2-18-11-17(3-4-21(16)18)19-12-22(24-25-6-7-28(24)14-19)26-23-13-20-15-31-10-8-29(20)27-23/h1,3-4,6-7,11-14,30H,2,5,8-10,15H2,(H,26,27). The second-order valence-electron chi connectivity index (χ2n) is 8.00. The molecule has 1 aliphatic carbocycles. The van der Waals surface area contributed by atoms with Gasteiger partial charge >= 0.3 is 0 Å². The number of fused-ring (bicyclic) bond motifs is 3. The zero-order chi connectivity index (χ0) is 20.8. The van der Waals surface area contributed by atoms with Crippen LogP contribution >= 0.6 is 0 Å². The zero-order valence-corrected chi connectivity index (χ0v) is 17.1. The Morgan fingerprint density at radius 2 is 2.13 bits per heavy atom. The molecule has 7 nitrogen and oxygen atoms in total. The van der Waals surface area contributed by atoms with Crippen LogP contribution in [-0.4, -0.2) is 37.5 Å². The number of aromatic nitrogens is 4. The molecule has 6 rings (SSSR count). The van der Waals surface area contributed by atoms with Gasteiger partial charge in [0.2, 0.25) is 0 Å². The minimum Gasteiger partial charge on any atom is -0.396 e. The third kappa shape index (κ3) is 3.22. The number of imidazole rings is 1. The summed E-state index contributed by atoms with van der Waals surface area (Å²) in [5, 5.41) is 17.4. The number of aliphatic hydroxyl groups excluding tert-OH is 1. The number of benzene rings is 1. The van der Waals surface area contributed by atoms with Crippen molar-refractivity contribution in [1.82, 2.24) is 19.2 Å². The van der Waals surface area contributed by atoms with Gasteiger partial charge in [0.05, 0.1) is 31.1 Å². The number of pyridine rings is 1. The van der Waals surface area contributed by atoms with Crippen molar-refractivity contribution in [3.8, 4) is 11.1 Å². The van der Waals surface area contributed by atoms with Crippen LogP contribution in [0.5, 0.6) is 0 Å². The zero-order valence-electron chi connectivity index (χ0n) is 17.1. The topological polar surface area (TPSA) is 76.6 Å². The average molecular weight is 413 g/mol. The maximum atomic E-state index is 9.30. The molecule has 4 aromatic rings. The molecule has 3 aromatic heterocycles. The second-order valence-corrected chi connectivity index (χ2v) is 8.00. The highest BCUT2D eigenvalue weighted by Gasteiger charge is 2.17. The summed E-state index contributed by atoms with van der Waals surface area (Å²) in [6.45, 7) is 2.25. The van der Waals surface area contributed by atoms with Gasteiger partial charge < -0.3 is 19.6 Å². The van der Waals surface area contributed by atoms with E-state index in [1.165, 1.54) is 16.7 Å². The molecule has 1 aromatic carbocycles. The van der Waals surface area contributed by atoms with Crippen molar-refractivity contribution in [2.75, 3.05) is 18.5 Å². The Morgan fingerprint density at radius 3 is 3.03 bits per heavy atom. The van der Waals surface area contributed by atoms with E-state index in [2.05, 4.69) is 51.9 Å². The van der Waals surface area contributed by atoms with Gasteiger partial charge in [-0.2, -0.15) is 5.10 Å². The number of hydrogen-bond acceptors (Lipinski definition) is 5. The molecule has 0 fully saturated rings. The highest BCUT2D eigenvalue weighted by molar-refractivity contribution is 5.81. The van der Waals surface area contributed by atoms with Gasteiger partial charge in [0, 0.05) is 36.8 Å². The van der Waals surface area contributed by atoms with E-state index in [1.807, 2.05) is 27.5 Å². The fraction of sp³-hybridized carbons (Fsp3) is 0.250. The summed E-state index contributed by atoms with van der Waals surface area (Å²) in [6, 6.07) is 10.8. The SMILES string of the molecule is OCCC1=CCc2cc(-c3cc(Nc4cc5n(n4)CCOC5)c4nccn4c3)ccc21. The van der Waals surface area contributed by atoms with Crippen LogP contribution in [0.25, 0.3) is 22.3 Å². The molecule has 0 bridgehead atoms. The van der Waals surface area contributed by atoms with Gasteiger partial charge in [-0.25, -0.2) is 4.98 Å². The number of allylic oxidation sites excluding steroid dienone is 1. The van der Waals surface area contributed by atoms with Gasteiger partial charge in [-0.15, -0.1) is 0 Å². The van der Waals surface area contributed by atoms with E-state index in [4.69, 9.17) is 4.74 Å². The number of nitrogens with one attached hydrogen (secondary N) is 1. The highest BCUT2D eigenvalue weighted by Crippen LogP contribution is 2.34. The third-order valence-electron chi connectivity index (χ3n) is 6.05. The molecule has 0 saturated heterocycles. The van der Waals surface area contributed by atoms with E-state index < -0.39 is 0 Å². The summed E-state index contributed by atoms with van der Waals surface area (Å²) in [5.74, 6) is 0.800. The molecule has 0 spiro atoms. The second kappa shape index (κ2) is 7.37. The first kappa shape index (κ1) is 18.4. The van der Waals surface area contributed by atoms with Crippen molar-refractivity contribution in [1.29, 1.82) is 0 Å². The molecule has 156 valence electrons. The van der Waals surface area contributed by atoms with Crippen LogP contribution < -0.4 is 5.32 Å². The molecule has 0 amide bonds. The van der Waals surface area contributed by atoms with Gasteiger partial charge in [0.15, 0.2) is 11.5 Å². The number of rotatable bonds is 5. The van der Waals surface area contributed by atoms with E-state index >= 15 is 0 Å². The van der Waals surface area contributed by atoms with Crippen molar-refractivity contribution in [2.45, 2.75) is 26.0 Å². The maximum absolute atomic E-state index is 9.30. The monoisotopic (exact) mass is 413 g/mol. The normalized spacial score (nSPS) is 15.1. The van der Waals surface area contributed by atoms with E-state index in [-0.39, 0.29) is 6.61 Å². The highest BCUT2D eigenvalue weighted by atomic mass is 16.5. The maximum Gasteiger partial charge on any atom is 0.160 e. The van der Waals surface area contributed by atoms with Gasteiger partial charge in [0.25, 0.3) is 0 Å². The Morgan fingerprint density at radius 1 is 1.16 bits per heavy atom. The van der Waals surface area contributed by atoms with Crippen LogP contribution in [-0.2, 0) is 24.3 Å². The number of anilines is 2. The summed E-state index contributed by atoms with van der Waals surface area (Å²) >= 11 is 0. The Kier molecular flexibility index (Phi) is 4.36. The molecule has 2 aliphatic rings. The lowest BCUT2D eigenvalue weighted by molar-refractivity contribution is 0.0801. The van der Waals surface area contributed by atoms with Crippen LogP contribution in [0.2, 0.25) is 0 Å². The summed E-state index contributed by atoms with van der Waals surface area (Å²) < 4.78 is 9.57. The predicted molar refractivity (Wildman–Crippen MR) is 119 cm³/mol. The number of ether oxygens (including phenoxy) is 1. The molecule has 7 heteroatoms. The fourth-order valence-electron chi connectivity index (χ4n) is 4.53. The lowest BCUT2D eigenvalue weighted by Gasteiger charge is -2.13. The number of aliphatic hydroxyl groups is 1. The first-order chi connectivity index (χ1) is 15.3. The van der Waals surface area contributed by atoms with Gasteiger partial charge in [-0.3, -0.25) is 4.68 Å². The van der Waals surface area contributed by atoms with Crippen molar-refractivity contribution < 1.29 is 9.84 Å². The lowest BCUT2D eigenvalue weighted by atomic mass is 9.98. The van der Waals surface area contributed by atoms with E-state index in [0.717, 1.165) is 46.9 Å². The van der Waals surface area contributed by atoms with Crippen LogP contribution in [0.4, 0.5) is 11.5 Å². The van der Waals surface area contributed by atoms with Crippen molar-refractivity contribution in [3.05, 3.63) is 71.8 Å². The van der Waals surface area contributed by atoms with Crippen LogP contribution in [0, 0.1) is 0 Å². The summed E-state index contributed by atoms with van der Waals surface area (Å²) in [4.78, 5) is 4.53. The largest absolute Gasteiger partial charge is 0.396 e. The van der Waals surface area contributed by atoms with Crippen LogP contribution in [0.15, 0.2) is 55.0 Å². The Hall–Kier alpha value is -3.42. The fourth-order valence-corrected chi connectivity index (χ4v) is 4.53. The molecule has 0 atom stereocenters. The molecule has 2 N–H and O–H groups in total. The molecular formula is C24H23N5O2. The van der Waals surface area contributed by atoms with Gasteiger partial charge in [-0.05, 0) is 41.2 Å². The molecule has 0 unspecified atom stereocenters. The van der Waals surface area contributed by atoms with E-state index in [9.17, 15) is 5.11 Å². The minimum atomic E-state index is 0.183. The average Bonchev–Trinajstić information content (AvgIpc) is 3.51. The van der Waals surface area contributed by atoms with Crippen LogP contribution in [0.3, 0.4) is 0 Å². The van der Waals surface area contributed by atoms with Crippen molar-refractivity contribution >= 4 is 22.7 Å². The molecular weight excluding hydrogens is 390 g/mol.